The van der Waals surface area contributed by atoms with Crippen molar-refractivity contribution in [3.8, 4) is 0 Å². The number of likely N-dealkylation sites (tertiary alicyclic amines) is 1. The van der Waals surface area contributed by atoms with Gasteiger partial charge in [-0.25, -0.2) is 9.97 Å². The first-order chi connectivity index (χ1) is 12.0. The van der Waals surface area contributed by atoms with Gasteiger partial charge >= 0.3 is 0 Å². The van der Waals surface area contributed by atoms with E-state index in [0.29, 0.717) is 29.1 Å². The van der Waals surface area contributed by atoms with Crippen LogP contribution in [0.25, 0.3) is 0 Å². The van der Waals surface area contributed by atoms with Crippen molar-refractivity contribution >= 4 is 23.5 Å². The van der Waals surface area contributed by atoms with Crippen LogP contribution in [0.5, 0.6) is 0 Å². The largest absolute Gasteiger partial charge is 0.350 e. The Morgan fingerprint density at radius 2 is 1.92 bits per heavy atom. The summed E-state index contributed by atoms with van der Waals surface area (Å²) in [5, 5.41) is 3.90. The molecular weight excluding hydrogens is 336 g/mol. The number of nitrogens with zero attached hydrogens (tertiary/aromatic N) is 3. The van der Waals surface area contributed by atoms with Crippen LogP contribution in [0.4, 0.5) is 5.95 Å². The summed E-state index contributed by atoms with van der Waals surface area (Å²) in [7, 11) is 0. The summed E-state index contributed by atoms with van der Waals surface area (Å²) < 4.78 is 0. The van der Waals surface area contributed by atoms with Crippen molar-refractivity contribution in [2.24, 2.45) is 5.92 Å². The van der Waals surface area contributed by atoms with E-state index < -0.39 is 0 Å². The smallest absolute Gasteiger partial charge is 0.272 e. The van der Waals surface area contributed by atoms with E-state index in [-0.39, 0.29) is 5.91 Å². The third-order valence-electron chi connectivity index (χ3n) is 4.51. The highest BCUT2D eigenvalue weighted by molar-refractivity contribution is 6.30. The van der Waals surface area contributed by atoms with E-state index in [1.807, 2.05) is 36.1 Å². The third-order valence-corrected chi connectivity index (χ3v) is 4.76. The van der Waals surface area contributed by atoms with Crippen LogP contribution in [0.2, 0.25) is 5.02 Å². The number of aryl methyl sites for hydroxylation is 1. The zero-order chi connectivity index (χ0) is 17.8. The first-order valence-corrected chi connectivity index (χ1v) is 9.02. The van der Waals surface area contributed by atoms with E-state index in [1.54, 1.807) is 6.07 Å². The third kappa shape index (κ3) is 4.69. The van der Waals surface area contributed by atoms with Gasteiger partial charge in [-0.3, -0.25) is 4.79 Å². The summed E-state index contributed by atoms with van der Waals surface area (Å²) in [5.41, 5.74) is 2.32. The van der Waals surface area contributed by atoms with Gasteiger partial charge in [-0.05, 0) is 49.4 Å². The molecule has 1 aromatic carbocycles. The predicted octanol–water partition coefficient (Wildman–Crippen LogP) is 3.92. The number of nitrogens with one attached hydrogen (secondary N) is 1. The Kier molecular flexibility index (Phi) is 5.53. The van der Waals surface area contributed by atoms with Gasteiger partial charge in [0, 0.05) is 30.4 Å². The fourth-order valence-corrected chi connectivity index (χ4v) is 3.04. The van der Waals surface area contributed by atoms with Crippen LogP contribution in [0.3, 0.4) is 0 Å². The number of rotatable bonds is 4. The minimum absolute atomic E-state index is 0.00746. The second-order valence-electron chi connectivity index (χ2n) is 6.67. The lowest BCUT2D eigenvalue weighted by atomic mass is 9.99. The number of anilines is 1. The molecule has 1 fully saturated rings. The van der Waals surface area contributed by atoms with Crippen molar-refractivity contribution in [3.05, 3.63) is 52.3 Å². The van der Waals surface area contributed by atoms with Gasteiger partial charge in [0.2, 0.25) is 5.95 Å². The molecule has 2 aromatic rings. The van der Waals surface area contributed by atoms with Gasteiger partial charge in [-0.2, -0.15) is 0 Å². The Labute approximate surface area is 153 Å². The molecule has 0 saturated carbocycles. The monoisotopic (exact) mass is 358 g/mol. The molecule has 1 amide bonds. The van der Waals surface area contributed by atoms with Crippen molar-refractivity contribution < 1.29 is 4.79 Å². The van der Waals surface area contributed by atoms with Gasteiger partial charge < -0.3 is 10.2 Å². The van der Waals surface area contributed by atoms with E-state index >= 15 is 0 Å². The van der Waals surface area contributed by atoms with E-state index in [9.17, 15) is 4.79 Å². The molecule has 0 unspecified atom stereocenters. The van der Waals surface area contributed by atoms with Gasteiger partial charge in [0.15, 0.2) is 0 Å². The summed E-state index contributed by atoms with van der Waals surface area (Å²) >= 11 is 5.90. The number of aromatic nitrogens is 2. The topological polar surface area (TPSA) is 58.1 Å². The molecule has 2 heterocycles. The SMILES string of the molecule is Cc1cc(C(=O)N2CCC(C)CC2)nc(NCc2ccc(Cl)cc2)n1. The van der Waals surface area contributed by atoms with Gasteiger partial charge in [-0.1, -0.05) is 30.7 Å². The Morgan fingerprint density at radius 1 is 1.24 bits per heavy atom. The molecule has 6 heteroatoms. The van der Waals surface area contributed by atoms with E-state index in [0.717, 1.165) is 37.2 Å². The van der Waals surface area contributed by atoms with E-state index in [4.69, 9.17) is 11.6 Å². The average Bonchev–Trinajstić information content (AvgIpc) is 2.61. The summed E-state index contributed by atoms with van der Waals surface area (Å²) in [6.07, 6.45) is 2.11. The quantitative estimate of drug-likeness (QED) is 0.899. The zero-order valence-corrected chi connectivity index (χ0v) is 15.4. The van der Waals surface area contributed by atoms with Crippen molar-refractivity contribution in [1.82, 2.24) is 14.9 Å². The van der Waals surface area contributed by atoms with Crippen LogP contribution in [0.15, 0.2) is 30.3 Å². The molecule has 3 rings (SSSR count). The van der Waals surface area contributed by atoms with Crippen molar-refractivity contribution in [2.45, 2.75) is 33.2 Å². The fraction of sp³-hybridized carbons (Fsp3) is 0.421. The van der Waals surface area contributed by atoms with Gasteiger partial charge in [0.1, 0.15) is 5.69 Å². The fourth-order valence-electron chi connectivity index (χ4n) is 2.91. The molecule has 0 bridgehead atoms. The van der Waals surface area contributed by atoms with E-state index in [2.05, 4.69) is 22.2 Å². The number of carbonyl (C=O) groups is 1. The van der Waals surface area contributed by atoms with Crippen molar-refractivity contribution in [1.29, 1.82) is 0 Å². The highest BCUT2D eigenvalue weighted by Crippen LogP contribution is 2.18. The molecular formula is C19H23ClN4O. The number of hydrogen-bond acceptors (Lipinski definition) is 4. The molecule has 1 aliphatic rings. The minimum Gasteiger partial charge on any atom is -0.350 e. The molecule has 1 saturated heterocycles. The highest BCUT2D eigenvalue weighted by Gasteiger charge is 2.23. The number of amides is 1. The Morgan fingerprint density at radius 3 is 2.60 bits per heavy atom. The van der Waals surface area contributed by atoms with Crippen LogP contribution >= 0.6 is 11.6 Å². The van der Waals surface area contributed by atoms with Gasteiger partial charge in [0.25, 0.3) is 5.91 Å². The van der Waals surface area contributed by atoms with E-state index in [1.165, 1.54) is 0 Å². The van der Waals surface area contributed by atoms with Gasteiger partial charge in [0.05, 0.1) is 0 Å². The Balaban J connectivity index is 1.69. The number of carbonyl (C=O) groups excluding carboxylic acids is 1. The van der Waals surface area contributed by atoms with Crippen molar-refractivity contribution in [2.75, 3.05) is 18.4 Å². The molecule has 0 spiro atoms. The second kappa shape index (κ2) is 7.83. The summed E-state index contributed by atoms with van der Waals surface area (Å²) in [6, 6.07) is 9.36. The molecule has 0 aliphatic carbocycles. The normalized spacial score (nSPS) is 15.2. The van der Waals surface area contributed by atoms with Crippen LogP contribution in [0, 0.1) is 12.8 Å². The lowest BCUT2D eigenvalue weighted by Gasteiger charge is -2.30. The first kappa shape index (κ1) is 17.7. The van der Waals surface area contributed by atoms with Gasteiger partial charge in [-0.15, -0.1) is 0 Å². The molecule has 132 valence electrons. The Hall–Kier alpha value is -2.14. The van der Waals surface area contributed by atoms with Crippen LogP contribution in [0.1, 0.15) is 41.5 Å². The molecule has 1 aromatic heterocycles. The summed E-state index contributed by atoms with van der Waals surface area (Å²) in [4.78, 5) is 23.4. The lowest BCUT2D eigenvalue weighted by Crippen LogP contribution is -2.38. The second-order valence-corrected chi connectivity index (χ2v) is 7.11. The maximum absolute atomic E-state index is 12.7. The van der Waals surface area contributed by atoms with Crippen molar-refractivity contribution in [3.63, 3.8) is 0 Å². The summed E-state index contributed by atoms with van der Waals surface area (Å²) in [6.45, 7) is 6.29. The number of piperidine rings is 1. The molecule has 1 aliphatic heterocycles. The standard InChI is InChI=1S/C19H23ClN4O/c1-13-7-9-24(10-8-13)18(25)17-11-14(2)22-19(23-17)21-12-15-3-5-16(20)6-4-15/h3-6,11,13H,7-10,12H2,1-2H3,(H,21,22,23). The maximum Gasteiger partial charge on any atom is 0.272 e. The average molecular weight is 359 g/mol. The number of benzene rings is 1. The molecule has 1 N–H and O–H groups in total. The highest BCUT2D eigenvalue weighted by atomic mass is 35.5. The minimum atomic E-state index is -0.00746. The number of hydrogen-bond donors (Lipinski definition) is 1. The maximum atomic E-state index is 12.7. The molecule has 0 radical (unpaired) electrons. The Bertz CT molecular complexity index is 740. The van der Waals surface area contributed by atoms with Crippen LogP contribution in [-0.2, 0) is 6.54 Å². The summed E-state index contributed by atoms with van der Waals surface area (Å²) in [5.74, 6) is 1.16. The first-order valence-electron chi connectivity index (χ1n) is 8.64. The van der Waals surface area contributed by atoms with Crippen LogP contribution in [-0.4, -0.2) is 33.9 Å². The molecule has 0 atom stereocenters. The molecule has 25 heavy (non-hydrogen) atoms. The van der Waals surface area contributed by atoms with Crippen LogP contribution < -0.4 is 5.32 Å². The predicted molar refractivity (Wildman–Crippen MR) is 99.8 cm³/mol. The number of halogens is 1. The molecule has 5 nitrogen and oxygen atoms in total. The zero-order valence-electron chi connectivity index (χ0n) is 14.6. The lowest BCUT2D eigenvalue weighted by molar-refractivity contribution is 0.0691.